The van der Waals surface area contributed by atoms with Crippen molar-refractivity contribution in [2.24, 2.45) is 35.0 Å². The van der Waals surface area contributed by atoms with Crippen LogP contribution in [0.5, 0.6) is 34.5 Å². The molecular weight excluding hydrogens is 1550 g/mol. The second-order valence-electron chi connectivity index (χ2n) is 31.8. The molecule has 2 aliphatic heterocycles. The van der Waals surface area contributed by atoms with Gasteiger partial charge in [-0.15, -0.1) is 0 Å². The fraction of sp³-hybridized carbons (Fsp3) is 0.432. The molecule has 3 heterocycles. The summed E-state index contributed by atoms with van der Waals surface area (Å²) in [5.41, 5.74) is 24.0. The maximum Gasteiger partial charge on any atom is 0.410 e. The van der Waals surface area contributed by atoms with Gasteiger partial charge < -0.3 is 76.5 Å². The number of fused-ring (bicyclic) bond motifs is 10. The number of nitriles is 1. The number of nitrogens with two attached hydrogens (primary N) is 3. The number of ether oxygens (including phenoxy) is 6. The van der Waals surface area contributed by atoms with E-state index in [9.17, 15) is 63.7 Å². The molecule has 1 aromatic heterocycles. The Morgan fingerprint density at radius 1 is 0.661 bits per heavy atom. The van der Waals surface area contributed by atoms with Crippen LogP contribution in [0, 0.1) is 42.9 Å². The zero-order valence-corrected chi connectivity index (χ0v) is 71.5. The number of hydrogen-bond acceptors (Lipinski definition) is 24. The summed E-state index contributed by atoms with van der Waals surface area (Å²) in [4.78, 5) is 137. The molecule has 0 saturated heterocycles. The van der Waals surface area contributed by atoms with Crippen molar-refractivity contribution in [3.8, 4) is 74.2 Å². The summed E-state index contributed by atoms with van der Waals surface area (Å²) in [6.07, 6.45) is -1.84. The monoisotopic (exact) mass is 1660 g/mol. The average molecular weight is 1660 g/mol. The maximum absolute atomic E-state index is 14.9. The lowest BCUT2D eigenvalue weighted by Crippen LogP contribution is -2.46. The van der Waals surface area contributed by atoms with Gasteiger partial charge in [-0.25, -0.2) is 19.6 Å². The summed E-state index contributed by atoms with van der Waals surface area (Å²) in [7, 11) is 2.66. The molecule has 8 bridgehead atoms. The SMILES string of the molecule is COC(=O)[C@@H]1Cc2ccc(O)c(c2)-c2cc(cc(O)c2OCOCC[Si](C)(C)C)[C@H](N(C)C(=O)OCc2ccccc2)C(=O)C[C@@H](C)C(=O)N1.Cc1nc(-c2ccc(C(C)(C)C)cc2)nc(C)c1C(=O)C[C@@H](CCN)C(=O)N(C)[C@@H]1C(=O)C[C@@H](C)C(=O)N[C@H](C(=O)CCC#N)Cc2ccc(OCCN)c(c2)-c2cc1cc(OCCN)c2O.S. The third-order valence-electron chi connectivity index (χ3n) is 20.4. The molecule has 0 saturated carbocycles. The first-order chi connectivity index (χ1) is 55.5. The number of rotatable bonds is 27. The van der Waals surface area contributed by atoms with Gasteiger partial charge in [-0.1, -0.05) is 121 Å². The molecule has 4 amide bonds. The Morgan fingerprint density at radius 3 is 1.81 bits per heavy atom. The number of nitrogens with one attached hydrogen (secondary N) is 2. The van der Waals surface area contributed by atoms with Crippen molar-refractivity contribution >= 4 is 74.5 Å². The summed E-state index contributed by atoms with van der Waals surface area (Å²) >= 11 is 0. The lowest BCUT2D eigenvalue weighted by Gasteiger charge is -2.32. The van der Waals surface area contributed by atoms with Crippen LogP contribution in [0.2, 0.25) is 25.7 Å². The van der Waals surface area contributed by atoms with Crippen molar-refractivity contribution < 1.29 is 86.9 Å². The number of amides is 4. The molecule has 0 aliphatic carbocycles. The lowest BCUT2D eigenvalue weighted by molar-refractivity contribution is -0.145. The Balaban J connectivity index is 0.000000337. The minimum absolute atomic E-state index is 0. The first kappa shape index (κ1) is 94.1. The van der Waals surface area contributed by atoms with Crippen molar-refractivity contribution in [2.75, 3.05) is 67.5 Å². The number of aryl methyl sites for hydroxylation is 2. The molecule has 0 fully saturated rings. The number of ketones is 4. The van der Waals surface area contributed by atoms with E-state index in [1.165, 1.54) is 44.3 Å². The molecule has 2 aliphatic rings. The smallest absolute Gasteiger partial charge is 0.410 e. The molecule has 7 atom stereocenters. The summed E-state index contributed by atoms with van der Waals surface area (Å²) in [5, 5.41) is 49.2. The number of nitrogens with zero attached hydrogens (tertiary/aromatic N) is 5. The Kier molecular flexibility index (Phi) is 34.2. The van der Waals surface area contributed by atoms with Gasteiger partial charge in [0.15, 0.2) is 58.7 Å². The zero-order chi connectivity index (χ0) is 85.8. The predicted octanol–water partition coefficient (Wildman–Crippen LogP) is 11.0. The summed E-state index contributed by atoms with van der Waals surface area (Å²) < 4.78 is 34.2. The molecule has 30 heteroatoms. The van der Waals surface area contributed by atoms with Crippen LogP contribution in [-0.4, -0.2) is 176 Å². The topological polar surface area (TPSA) is 428 Å². The molecule has 0 unspecified atom stereocenters. The van der Waals surface area contributed by atoms with Crippen LogP contribution >= 0.6 is 13.5 Å². The lowest BCUT2D eigenvalue weighted by atomic mass is 9.86. The number of phenols is 3. The predicted molar refractivity (Wildman–Crippen MR) is 453 cm³/mol. The second-order valence-corrected chi connectivity index (χ2v) is 37.4. The Bertz CT molecular complexity index is 4780. The minimum atomic E-state index is -1.39. The largest absolute Gasteiger partial charge is 0.507 e. The highest BCUT2D eigenvalue weighted by Gasteiger charge is 2.40. The van der Waals surface area contributed by atoms with Gasteiger partial charge in [-0.2, -0.15) is 18.8 Å². The molecular formula is C88H112N10O18SSi. The second kappa shape index (κ2) is 42.9. The van der Waals surface area contributed by atoms with Crippen LogP contribution in [0.4, 0.5) is 4.79 Å². The Labute approximate surface area is 697 Å². The maximum atomic E-state index is 14.9. The number of esters is 1. The number of hydrogen-bond donors (Lipinski definition) is 8. The van der Waals surface area contributed by atoms with Gasteiger partial charge in [0.1, 0.15) is 49.4 Å². The van der Waals surface area contributed by atoms with Gasteiger partial charge >= 0.3 is 12.1 Å². The van der Waals surface area contributed by atoms with Crippen LogP contribution in [0.3, 0.4) is 0 Å². The normalized spacial score (nSPS) is 17.2. The molecule has 7 aromatic rings. The van der Waals surface area contributed by atoms with Gasteiger partial charge in [-0.3, -0.25) is 38.5 Å². The number of benzene rings is 6. The Morgan fingerprint density at radius 2 is 1.23 bits per heavy atom. The van der Waals surface area contributed by atoms with Crippen LogP contribution in [0.1, 0.15) is 140 Å². The fourth-order valence-electron chi connectivity index (χ4n) is 13.9. The molecule has 0 radical (unpaired) electrons. The van der Waals surface area contributed by atoms with Crippen LogP contribution < -0.4 is 42.0 Å². The quantitative estimate of drug-likeness (QED) is 0.00779. The summed E-state index contributed by atoms with van der Waals surface area (Å²) in [5.74, 6) is -7.31. The molecule has 0 spiro atoms. The molecule has 118 heavy (non-hydrogen) atoms. The molecule has 28 nitrogen and oxygen atoms in total. The number of likely N-dealkylation sites (N-methyl/N-ethyl adjacent to an activating group) is 2. The number of carbonyl (C=O) groups is 9. The van der Waals surface area contributed by atoms with Crippen molar-refractivity contribution in [1.82, 2.24) is 30.4 Å². The van der Waals surface area contributed by atoms with Crippen LogP contribution in [0.25, 0.3) is 33.6 Å². The van der Waals surface area contributed by atoms with E-state index in [0.29, 0.717) is 46.3 Å². The number of phenolic OH excluding ortho intramolecular Hbond substituents is 3. The van der Waals surface area contributed by atoms with Crippen LogP contribution in [-0.2, 0) is 72.6 Å². The van der Waals surface area contributed by atoms with E-state index in [1.54, 1.807) is 94.4 Å². The molecule has 6 aromatic carbocycles. The molecule has 632 valence electrons. The average Bonchev–Trinajstić information content (AvgIpc) is 0.777. The van der Waals surface area contributed by atoms with Crippen molar-refractivity contribution in [1.29, 1.82) is 5.26 Å². The van der Waals surface area contributed by atoms with E-state index in [1.807, 2.05) is 36.4 Å². The van der Waals surface area contributed by atoms with Crippen LogP contribution in [0.15, 0.2) is 115 Å². The third-order valence-corrected chi connectivity index (χ3v) is 22.1. The number of aromatic nitrogens is 2. The highest BCUT2D eigenvalue weighted by atomic mass is 32.1. The molecule has 11 N–H and O–H groups in total. The summed E-state index contributed by atoms with van der Waals surface area (Å²) in [6.45, 7) is 20.2. The third kappa shape index (κ3) is 24.8. The van der Waals surface area contributed by atoms with Crippen molar-refractivity contribution in [3.63, 3.8) is 0 Å². The van der Waals surface area contributed by atoms with Crippen molar-refractivity contribution in [3.05, 3.63) is 166 Å². The van der Waals surface area contributed by atoms with E-state index in [0.717, 1.165) is 27.6 Å². The van der Waals surface area contributed by atoms with Gasteiger partial charge in [0, 0.05) is 126 Å². The highest BCUT2D eigenvalue weighted by molar-refractivity contribution is 7.59. The number of carbonyl (C=O) groups excluding carboxylic acids is 9. The number of Topliss-reactive ketones (excluding diaryl/α,β-unsaturated/α-hetero) is 4. The van der Waals surface area contributed by atoms with Gasteiger partial charge in [0.05, 0.1) is 36.2 Å². The summed E-state index contributed by atoms with van der Waals surface area (Å²) in [6, 6.07) is 30.5. The van der Waals surface area contributed by atoms with E-state index in [4.69, 9.17) is 55.6 Å². The van der Waals surface area contributed by atoms with Gasteiger partial charge in [0.2, 0.25) is 17.7 Å². The van der Waals surface area contributed by atoms with E-state index in [2.05, 4.69) is 51.0 Å². The standard InChI is InChI=1S/C51H64N8O8.C37H46N2O10Si.H2S/c1-29-23-42(62)46(59(7)50(65)34(16-18-53)27-41(61)45-30(2)56-48(57-31(45)3)33-11-13-36(14-12-33)51(4,5)6)35-26-38(47(63)44(28-35)67-22-20-55)37-24-32(10-15-43(37)66-21-19-54)25-39(58-49(29)64)40(60)9-8-17-52;1-23-16-31(41)33(39(2)37(45)48-21-24-10-8-7-9-11-24)26-19-28(34(32(42)20-26)49-22-47-14-15-50(4,5)6)27-17-25(12-13-30(27)40)18-29(36(44)46-3)38-35(23)43;/h10-15,24,26,28-29,34,39,46,63H,8-9,16,18-23,25,27,53-55H2,1-7H3,(H,58,64);7-13,17,19-20,23,29,33,40,42H,14-16,18,21-22H2,1-6H3,(H,38,43);1H2/t29-,34-,39+,46+;23-,29+,33+;/m11./s1. The van der Waals surface area contributed by atoms with Gasteiger partial charge in [0.25, 0.3) is 0 Å². The first-order valence-corrected chi connectivity index (χ1v) is 42.8. The van der Waals surface area contributed by atoms with E-state index >= 15 is 0 Å². The minimum Gasteiger partial charge on any atom is -0.507 e. The highest BCUT2D eigenvalue weighted by Crippen LogP contribution is 2.48. The van der Waals surface area contributed by atoms with Crippen molar-refractivity contribution in [2.45, 2.75) is 162 Å². The van der Waals surface area contributed by atoms with Gasteiger partial charge in [-0.05, 0) is 127 Å². The van der Waals surface area contributed by atoms with E-state index < -0.39 is 91.3 Å². The van der Waals surface area contributed by atoms with E-state index in [-0.39, 0.29) is 190 Å². The first-order valence-electron chi connectivity index (χ1n) is 39.1. The molecule has 9 rings (SSSR count). The number of aromatic hydroxyl groups is 3. The number of methoxy groups -OCH3 is 1. The zero-order valence-electron chi connectivity index (χ0n) is 69.5. The fourth-order valence-corrected chi connectivity index (χ4v) is 14.7. The Hall–Kier alpha value is -11.1.